The molecule has 0 saturated heterocycles. The van der Waals surface area contributed by atoms with Crippen LogP contribution >= 0.6 is 0 Å². The van der Waals surface area contributed by atoms with E-state index < -0.39 is 6.10 Å². The highest BCUT2D eigenvalue weighted by atomic mass is 16.3. The van der Waals surface area contributed by atoms with Crippen molar-refractivity contribution in [2.45, 2.75) is 71.3 Å². The van der Waals surface area contributed by atoms with E-state index in [1.807, 2.05) is 6.08 Å². The number of hydrogen-bond donors (Lipinski definition) is 4. The van der Waals surface area contributed by atoms with Gasteiger partial charge in [-0.3, -0.25) is 9.59 Å². The third kappa shape index (κ3) is 4.31. The molecule has 0 bridgehead atoms. The van der Waals surface area contributed by atoms with Gasteiger partial charge in [-0.15, -0.1) is 0 Å². The van der Waals surface area contributed by atoms with Gasteiger partial charge in [-0.25, -0.2) is 0 Å². The summed E-state index contributed by atoms with van der Waals surface area (Å²) in [7, 11) is 1.73. The third-order valence-corrected chi connectivity index (χ3v) is 9.45. The molecular weight excluding hydrogens is 430 g/mol. The number of rotatable bonds is 3. The summed E-state index contributed by atoms with van der Waals surface area (Å²) in [5.41, 5.74) is 2.21. The molecule has 4 aliphatic carbocycles. The monoisotopic (exact) mass is 469 g/mol. The van der Waals surface area contributed by atoms with Crippen LogP contribution in [0.2, 0.25) is 0 Å². The number of hydrogen-bond acceptors (Lipinski definition) is 6. The first-order valence-corrected chi connectivity index (χ1v) is 12.7. The van der Waals surface area contributed by atoms with Crippen LogP contribution < -0.4 is 5.32 Å². The summed E-state index contributed by atoms with van der Waals surface area (Å²) >= 11 is 0. The molecule has 0 aromatic heterocycles. The molecule has 4 N–H and O–H groups in total. The van der Waals surface area contributed by atoms with Gasteiger partial charge in [-0.2, -0.15) is 0 Å². The Morgan fingerprint density at radius 3 is 2.41 bits per heavy atom. The van der Waals surface area contributed by atoms with Crippen molar-refractivity contribution < 1.29 is 24.9 Å². The summed E-state index contributed by atoms with van der Waals surface area (Å²) in [4.78, 5) is 24.1. The van der Waals surface area contributed by atoms with E-state index in [1.54, 1.807) is 13.1 Å². The number of nitrogens with one attached hydrogen (secondary N) is 1. The van der Waals surface area contributed by atoms with E-state index in [4.69, 9.17) is 10.2 Å². The van der Waals surface area contributed by atoms with Crippen LogP contribution in [0.15, 0.2) is 29.8 Å². The predicted octanol–water partition coefficient (Wildman–Crippen LogP) is 4.44. The van der Waals surface area contributed by atoms with Crippen LogP contribution in [0.5, 0.6) is 11.5 Å². The smallest absolute Gasteiger partial charge is 0.157 e. The van der Waals surface area contributed by atoms with Gasteiger partial charge in [0.1, 0.15) is 5.78 Å². The topological polar surface area (TPSA) is 107 Å². The van der Waals surface area contributed by atoms with Crippen molar-refractivity contribution in [2.75, 3.05) is 13.6 Å². The minimum atomic E-state index is -0.670. The van der Waals surface area contributed by atoms with Crippen LogP contribution in [0.1, 0.15) is 76.9 Å². The Labute approximate surface area is 202 Å². The first kappa shape index (κ1) is 24.9. The summed E-state index contributed by atoms with van der Waals surface area (Å²) in [6.07, 6.45) is 9.54. The number of phenols is 2. The summed E-state index contributed by atoms with van der Waals surface area (Å²) in [5, 5.41) is 30.4. The van der Waals surface area contributed by atoms with Crippen molar-refractivity contribution in [3.8, 4) is 11.5 Å². The maximum absolute atomic E-state index is 12.4. The number of ketones is 2. The van der Waals surface area contributed by atoms with E-state index >= 15 is 0 Å². The number of carbonyl (C=O) groups is 2. The zero-order valence-corrected chi connectivity index (χ0v) is 20.6. The molecule has 0 radical (unpaired) electrons. The number of allylic oxidation sites excluding steroid dienone is 1. The second kappa shape index (κ2) is 9.46. The van der Waals surface area contributed by atoms with E-state index in [-0.39, 0.29) is 22.3 Å². The summed E-state index contributed by atoms with van der Waals surface area (Å²) in [6, 6.07) is 4.26. The van der Waals surface area contributed by atoms with Crippen molar-refractivity contribution >= 4 is 11.6 Å². The fourth-order valence-corrected chi connectivity index (χ4v) is 7.39. The molecule has 6 nitrogen and oxygen atoms in total. The maximum atomic E-state index is 12.4. The number of aliphatic hydroxyl groups is 1. The number of phenolic OH excluding ortho intramolecular Hbond substituents is 2. The fraction of sp³-hybridized carbons (Fsp3) is 0.643. The Bertz CT molecular complexity index is 987. The first-order chi connectivity index (χ1) is 16.1. The Morgan fingerprint density at radius 1 is 0.971 bits per heavy atom. The number of likely N-dealkylation sites (N-methyl/N-ethyl adjacent to an activating group) is 1. The van der Waals surface area contributed by atoms with Gasteiger partial charge in [-0.05, 0) is 92.5 Å². The number of Topliss-reactive ketones (excluding diaryl/α,β-unsaturated/α-hetero) is 1. The lowest BCUT2D eigenvalue weighted by molar-refractivity contribution is -0.132. The van der Waals surface area contributed by atoms with Gasteiger partial charge in [0.2, 0.25) is 0 Å². The second-order valence-corrected chi connectivity index (χ2v) is 11.2. The molecule has 3 fully saturated rings. The molecule has 0 heterocycles. The second-order valence-electron chi connectivity index (χ2n) is 11.2. The molecule has 0 aliphatic heterocycles. The van der Waals surface area contributed by atoms with Crippen LogP contribution in [0.4, 0.5) is 0 Å². The Balaban J connectivity index is 0.000000182. The average Bonchev–Trinajstić information content (AvgIpc) is 3.11. The van der Waals surface area contributed by atoms with Gasteiger partial charge in [0.05, 0.1) is 6.10 Å². The van der Waals surface area contributed by atoms with Crippen molar-refractivity contribution in [1.82, 2.24) is 5.32 Å². The molecule has 186 valence electrons. The normalized spacial score (nSPS) is 35.3. The molecule has 1 aromatic carbocycles. The molecular formula is C28H39NO5. The molecule has 3 saturated carbocycles. The summed E-state index contributed by atoms with van der Waals surface area (Å²) in [6.45, 7) is 5.05. The molecule has 6 heteroatoms. The highest BCUT2D eigenvalue weighted by Crippen LogP contribution is 2.64. The largest absolute Gasteiger partial charge is 0.504 e. The highest BCUT2D eigenvalue weighted by molar-refractivity contribution is 5.91. The van der Waals surface area contributed by atoms with Gasteiger partial charge in [0, 0.05) is 24.8 Å². The fourth-order valence-electron chi connectivity index (χ4n) is 7.39. The van der Waals surface area contributed by atoms with Crippen LogP contribution in [0.3, 0.4) is 0 Å². The molecule has 6 atom stereocenters. The molecule has 5 rings (SSSR count). The average molecular weight is 470 g/mol. The minimum absolute atomic E-state index is 0.0246. The van der Waals surface area contributed by atoms with E-state index in [0.29, 0.717) is 41.4 Å². The zero-order valence-electron chi connectivity index (χ0n) is 20.6. The van der Waals surface area contributed by atoms with Gasteiger partial charge in [-0.1, -0.05) is 25.5 Å². The molecule has 0 amide bonds. The number of aliphatic hydroxyl groups excluding tert-OH is 1. The van der Waals surface area contributed by atoms with Gasteiger partial charge in [0.15, 0.2) is 17.3 Å². The lowest BCUT2D eigenvalue weighted by Crippen LogP contribution is -2.50. The number of fused-ring (bicyclic) bond motifs is 5. The minimum Gasteiger partial charge on any atom is -0.504 e. The van der Waals surface area contributed by atoms with Crippen molar-refractivity contribution in [2.24, 2.45) is 28.6 Å². The Kier molecular flexibility index (Phi) is 6.94. The lowest BCUT2D eigenvalue weighted by Gasteiger charge is -2.56. The summed E-state index contributed by atoms with van der Waals surface area (Å²) in [5.74, 6) is 2.49. The molecule has 34 heavy (non-hydrogen) atoms. The van der Waals surface area contributed by atoms with E-state index in [2.05, 4.69) is 19.2 Å². The van der Waals surface area contributed by atoms with Crippen molar-refractivity contribution in [3.63, 3.8) is 0 Å². The van der Waals surface area contributed by atoms with Crippen molar-refractivity contribution in [3.05, 3.63) is 35.4 Å². The van der Waals surface area contributed by atoms with Gasteiger partial charge >= 0.3 is 0 Å². The number of benzene rings is 1. The molecule has 0 spiro atoms. The first-order valence-electron chi connectivity index (χ1n) is 12.7. The SMILES string of the molecule is CNC[C@H](O)c1ccc(O)c(O)c1.C[C@]12CCC(=O)C=C1CC[C@@H]1[C@@H]2CC[C@]2(C)C(=O)CC[C@@H]12. The quantitative estimate of drug-likeness (QED) is 0.488. The van der Waals surface area contributed by atoms with Crippen LogP contribution in [0, 0.1) is 28.6 Å². The number of aromatic hydroxyl groups is 2. The Morgan fingerprint density at radius 2 is 1.71 bits per heavy atom. The van der Waals surface area contributed by atoms with E-state index in [0.717, 1.165) is 38.5 Å². The molecule has 1 aromatic rings. The van der Waals surface area contributed by atoms with Crippen LogP contribution in [0.25, 0.3) is 0 Å². The lowest BCUT2D eigenvalue weighted by atomic mass is 9.47. The standard InChI is InChI=1S/C19H26O2.C9H13NO3/c1-18-9-7-13(20)11-12(18)3-4-14-15-5-6-17(21)19(15,2)10-8-16(14)18;1-10-5-9(13)6-2-3-7(11)8(12)4-6/h11,14-16H,3-10H2,1-2H3;2-4,9-13H,5H2,1H3/t14-,15-,16-,18-,19-;9-/m00/s1. The van der Waals surface area contributed by atoms with Gasteiger partial charge in [0.25, 0.3) is 0 Å². The van der Waals surface area contributed by atoms with E-state index in [1.165, 1.54) is 30.5 Å². The maximum Gasteiger partial charge on any atom is 0.157 e. The summed E-state index contributed by atoms with van der Waals surface area (Å²) < 4.78 is 0. The zero-order chi connectivity index (χ0) is 24.7. The molecule has 4 aliphatic rings. The highest BCUT2D eigenvalue weighted by Gasteiger charge is 2.58. The molecule has 0 unspecified atom stereocenters. The third-order valence-electron chi connectivity index (χ3n) is 9.45. The van der Waals surface area contributed by atoms with Crippen molar-refractivity contribution in [1.29, 1.82) is 0 Å². The Hall–Kier alpha value is -2.18. The van der Waals surface area contributed by atoms with Crippen LogP contribution in [-0.2, 0) is 9.59 Å². The van der Waals surface area contributed by atoms with E-state index in [9.17, 15) is 14.7 Å². The van der Waals surface area contributed by atoms with Crippen LogP contribution in [-0.4, -0.2) is 40.5 Å². The predicted molar refractivity (Wildman–Crippen MR) is 130 cm³/mol. The number of carbonyl (C=O) groups excluding carboxylic acids is 2. The van der Waals surface area contributed by atoms with Gasteiger partial charge < -0.3 is 20.6 Å².